The van der Waals surface area contributed by atoms with E-state index in [2.05, 4.69) is 25.4 Å². The summed E-state index contributed by atoms with van der Waals surface area (Å²) in [4.78, 5) is 73.4. The minimum Gasteiger partial charge on any atom is -0.494 e. The Kier molecular flexibility index (Phi) is 9.68. The maximum absolute atomic E-state index is 13.6. The fourth-order valence-corrected chi connectivity index (χ4v) is 9.61. The summed E-state index contributed by atoms with van der Waals surface area (Å²) in [5, 5.41) is 10.5. The Hall–Kier alpha value is -5.84. The van der Waals surface area contributed by atoms with Crippen LogP contribution in [0.5, 0.6) is 5.75 Å². The highest BCUT2D eigenvalue weighted by molar-refractivity contribution is 6.25. The number of methoxy groups -OCH3 is 1. The molecule has 5 aliphatic rings. The molecule has 1 saturated carbocycles. The lowest BCUT2D eigenvalue weighted by Crippen LogP contribution is -2.61. The fraction of sp³-hybridized carbons (Fsp3) is 0.452. The van der Waals surface area contributed by atoms with Crippen molar-refractivity contribution in [1.29, 1.82) is 0 Å². The number of halogens is 3. The summed E-state index contributed by atoms with van der Waals surface area (Å²) >= 11 is 0. The monoisotopic (exact) mass is 812 g/mol. The average molecular weight is 813 g/mol. The number of aromatic nitrogens is 3. The second-order valence-corrected chi connectivity index (χ2v) is 16.6. The van der Waals surface area contributed by atoms with Gasteiger partial charge in [-0.3, -0.25) is 38.9 Å². The molecule has 0 bridgehead atoms. The van der Waals surface area contributed by atoms with Gasteiger partial charge < -0.3 is 19.9 Å². The number of hydrogen-bond donors (Lipinski definition) is 2. The van der Waals surface area contributed by atoms with E-state index in [1.807, 2.05) is 16.9 Å². The molecule has 4 fully saturated rings. The quantitative estimate of drug-likeness (QED) is 0.220. The zero-order chi connectivity index (χ0) is 41.2. The van der Waals surface area contributed by atoms with E-state index in [-0.39, 0.29) is 30.0 Å². The van der Waals surface area contributed by atoms with Gasteiger partial charge in [0.1, 0.15) is 23.2 Å². The molecule has 1 spiro atoms. The molecule has 6 heterocycles. The van der Waals surface area contributed by atoms with Crippen molar-refractivity contribution >= 4 is 51.8 Å². The molecule has 308 valence electrons. The summed E-state index contributed by atoms with van der Waals surface area (Å²) in [6.07, 6.45) is 3.62. The third-order valence-corrected chi connectivity index (χ3v) is 12.8. The number of nitrogens with one attached hydrogen (secondary N) is 2. The lowest BCUT2D eigenvalue weighted by atomic mass is 9.71. The predicted molar refractivity (Wildman–Crippen MR) is 208 cm³/mol. The largest absolute Gasteiger partial charge is 0.494 e. The molecule has 1 aliphatic carbocycles. The van der Waals surface area contributed by atoms with Crippen molar-refractivity contribution in [1.82, 2.24) is 29.9 Å². The maximum Gasteiger partial charge on any atom is 0.433 e. The van der Waals surface area contributed by atoms with Crippen LogP contribution in [0.3, 0.4) is 0 Å². The Bertz CT molecular complexity index is 2370. The number of nitrogens with zero attached hydrogens (tertiary/aromatic N) is 6. The molecule has 9 rings (SSSR count). The summed E-state index contributed by atoms with van der Waals surface area (Å²) in [5.41, 5.74) is 0.998. The van der Waals surface area contributed by atoms with Gasteiger partial charge in [-0.2, -0.15) is 18.3 Å². The summed E-state index contributed by atoms with van der Waals surface area (Å²) < 4.78 is 47.0. The van der Waals surface area contributed by atoms with Gasteiger partial charge in [0.25, 0.3) is 17.7 Å². The molecular formula is C42H43F3N8O6. The van der Waals surface area contributed by atoms with Crippen LogP contribution in [0.2, 0.25) is 0 Å². The van der Waals surface area contributed by atoms with Gasteiger partial charge in [-0.05, 0) is 94.3 Å². The third kappa shape index (κ3) is 7.18. The molecular weight excluding hydrogens is 770 g/mol. The number of anilines is 2. The van der Waals surface area contributed by atoms with Gasteiger partial charge in [-0.1, -0.05) is 12.1 Å². The van der Waals surface area contributed by atoms with Gasteiger partial charge >= 0.3 is 6.18 Å². The number of ether oxygens (including phenoxy) is 1. The van der Waals surface area contributed by atoms with E-state index in [0.717, 1.165) is 99.4 Å². The molecule has 3 saturated heterocycles. The molecule has 5 amide bonds. The summed E-state index contributed by atoms with van der Waals surface area (Å²) in [6.45, 7) is 4.63. The van der Waals surface area contributed by atoms with Gasteiger partial charge in [0, 0.05) is 49.1 Å². The van der Waals surface area contributed by atoms with E-state index in [0.29, 0.717) is 34.0 Å². The number of alkyl halides is 3. The van der Waals surface area contributed by atoms with Crippen LogP contribution in [0, 0.1) is 11.3 Å². The number of likely N-dealkylation sites (tertiary alicyclic amines) is 1. The predicted octanol–water partition coefficient (Wildman–Crippen LogP) is 5.45. The van der Waals surface area contributed by atoms with Gasteiger partial charge in [0.15, 0.2) is 0 Å². The molecule has 59 heavy (non-hydrogen) atoms. The maximum atomic E-state index is 13.6. The van der Waals surface area contributed by atoms with E-state index in [4.69, 9.17) is 9.84 Å². The van der Waals surface area contributed by atoms with Gasteiger partial charge in [0.05, 0.1) is 41.2 Å². The topological polar surface area (TPSA) is 159 Å². The number of imide groups is 2. The smallest absolute Gasteiger partial charge is 0.433 e. The zero-order valence-electron chi connectivity index (χ0n) is 32.4. The van der Waals surface area contributed by atoms with E-state index in [1.165, 1.54) is 13.2 Å². The van der Waals surface area contributed by atoms with Gasteiger partial charge in [0.2, 0.25) is 11.8 Å². The lowest BCUT2D eigenvalue weighted by molar-refractivity contribution is -0.141. The van der Waals surface area contributed by atoms with Crippen LogP contribution in [0.4, 0.5) is 24.5 Å². The number of amides is 5. The van der Waals surface area contributed by atoms with Crippen LogP contribution in [0.25, 0.3) is 10.9 Å². The minimum atomic E-state index is -4.67. The molecule has 1 atom stereocenters. The van der Waals surface area contributed by atoms with Crippen LogP contribution in [0.1, 0.15) is 94.3 Å². The summed E-state index contributed by atoms with van der Waals surface area (Å²) in [5.74, 6) is -1.87. The van der Waals surface area contributed by atoms with E-state index in [1.54, 1.807) is 24.3 Å². The first kappa shape index (κ1) is 38.7. The molecule has 1 unspecified atom stereocenters. The third-order valence-electron chi connectivity index (χ3n) is 12.8. The molecule has 2 aromatic carbocycles. The average Bonchev–Trinajstić information content (AvgIpc) is 3.74. The molecule has 2 N–H and O–H groups in total. The summed E-state index contributed by atoms with van der Waals surface area (Å²) in [6, 6.07) is 11.1. The molecule has 4 aliphatic heterocycles. The Labute approximate surface area is 337 Å². The highest BCUT2D eigenvalue weighted by Gasteiger charge is 2.50. The SMILES string of the molecule is COc1cc2nn([C@H]3CC[C@H](CN4CCC5(CC4)CN(c4cccc6c4C(=O)N(C4CCC(=O)NC4=O)C6=O)C5)CC3)cc2cc1NC(=O)c1cccc(C(F)(F)F)n1. The van der Waals surface area contributed by atoms with Crippen LogP contribution in [-0.2, 0) is 15.8 Å². The number of carbonyl (C=O) groups is 5. The standard InChI is InChI=1S/C42H43F3N8O6/c1-59-33-19-29-25(18-30(33)47-37(55)28-5-3-7-34(46-28)42(43,44)45)21-52(49-29)26-10-8-24(9-11-26)20-50-16-14-41(15-17-50)22-51(23-41)31-6-2-4-27-36(31)40(58)53(39(27)57)32-12-13-35(54)48-38(32)56/h2-7,18-19,21,24,26,32H,8-17,20,22-23H2,1H3,(H,47,55)(H,48,54,56)/t24-,26-,32?. The van der Waals surface area contributed by atoms with Crippen LogP contribution in [0.15, 0.2) is 54.7 Å². The summed E-state index contributed by atoms with van der Waals surface area (Å²) in [7, 11) is 1.45. The van der Waals surface area contributed by atoms with E-state index < -0.39 is 47.4 Å². The Morgan fingerprint density at radius 2 is 1.71 bits per heavy atom. The Morgan fingerprint density at radius 1 is 0.966 bits per heavy atom. The fourth-order valence-electron chi connectivity index (χ4n) is 9.61. The molecule has 2 aromatic heterocycles. The van der Waals surface area contributed by atoms with E-state index in [9.17, 15) is 37.1 Å². The first-order valence-corrected chi connectivity index (χ1v) is 20.0. The van der Waals surface area contributed by atoms with Crippen molar-refractivity contribution in [3.05, 3.63) is 77.2 Å². The highest BCUT2D eigenvalue weighted by Crippen LogP contribution is 2.46. The highest BCUT2D eigenvalue weighted by atomic mass is 19.4. The van der Waals surface area contributed by atoms with Gasteiger partial charge in [-0.15, -0.1) is 0 Å². The van der Waals surface area contributed by atoms with Crippen LogP contribution in [-0.4, -0.2) is 100.0 Å². The number of hydrogen-bond acceptors (Lipinski definition) is 10. The van der Waals surface area contributed by atoms with Gasteiger partial charge in [-0.25, -0.2) is 4.98 Å². The second kappa shape index (κ2) is 14.8. The number of piperidine rings is 2. The van der Waals surface area contributed by atoms with Crippen molar-refractivity contribution in [2.75, 3.05) is 50.1 Å². The first-order chi connectivity index (χ1) is 28.3. The van der Waals surface area contributed by atoms with E-state index >= 15 is 0 Å². The molecule has 4 aromatic rings. The van der Waals surface area contributed by atoms with Crippen molar-refractivity contribution in [2.45, 2.75) is 69.6 Å². The molecule has 17 heteroatoms. The number of pyridine rings is 1. The molecule has 0 radical (unpaired) electrons. The Balaban J connectivity index is 0.770. The Morgan fingerprint density at radius 3 is 2.42 bits per heavy atom. The van der Waals surface area contributed by atoms with Crippen molar-refractivity contribution in [3.8, 4) is 5.75 Å². The minimum absolute atomic E-state index is 0.0785. The number of rotatable bonds is 8. The lowest BCUT2D eigenvalue weighted by Gasteiger charge is -2.55. The zero-order valence-corrected chi connectivity index (χ0v) is 32.4. The number of carbonyl (C=O) groups excluding carboxylic acids is 5. The van der Waals surface area contributed by atoms with Crippen molar-refractivity contribution < 1.29 is 41.9 Å². The van der Waals surface area contributed by atoms with Crippen molar-refractivity contribution in [3.63, 3.8) is 0 Å². The normalized spacial score (nSPS) is 23.4. The van der Waals surface area contributed by atoms with Crippen LogP contribution >= 0.6 is 0 Å². The number of fused-ring (bicyclic) bond motifs is 2. The first-order valence-electron chi connectivity index (χ1n) is 20.0. The van der Waals surface area contributed by atoms with Crippen molar-refractivity contribution in [2.24, 2.45) is 11.3 Å². The molecule has 14 nitrogen and oxygen atoms in total. The van der Waals surface area contributed by atoms with Crippen LogP contribution < -0.4 is 20.3 Å². The second-order valence-electron chi connectivity index (χ2n) is 16.6. The number of benzene rings is 2.